The number of H-pyrrole nitrogens is 1. The SMILES string of the molecule is COc1cc(Cl)c(C)cc1NC(=O)Cc1ccc2cc[nH]c2c1. The number of hydrogen-bond donors (Lipinski definition) is 2. The number of benzene rings is 2. The zero-order valence-electron chi connectivity index (χ0n) is 12.9. The van der Waals surface area contributed by atoms with Crippen LogP contribution in [0.4, 0.5) is 5.69 Å². The minimum absolute atomic E-state index is 0.101. The van der Waals surface area contributed by atoms with Crippen molar-refractivity contribution in [3.05, 3.63) is 58.7 Å². The number of methoxy groups -OCH3 is 1. The Morgan fingerprint density at radius 3 is 2.87 bits per heavy atom. The number of hydrogen-bond acceptors (Lipinski definition) is 2. The quantitative estimate of drug-likeness (QED) is 0.749. The lowest BCUT2D eigenvalue weighted by Gasteiger charge is -2.12. The van der Waals surface area contributed by atoms with Gasteiger partial charge >= 0.3 is 0 Å². The predicted octanol–water partition coefficient (Wildman–Crippen LogP) is 4.32. The topological polar surface area (TPSA) is 54.1 Å². The maximum atomic E-state index is 12.3. The second-order valence-corrected chi connectivity index (χ2v) is 5.83. The molecule has 23 heavy (non-hydrogen) atoms. The summed E-state index contributed by atoms with van der Waals surface area (Å²) in [6.45, 7) is 1.89. The van der Waals surface area contributed by atoms with E-state index in [0.717, 1.165) is 22.0 Å². The van der Waals surface area contributed by atoms with Crippen molar-refractivity contribution in [3.63, 3.8) is 0 Å². The van der Waals surface area contributed by atoms with Gasteiger partial charge < -0.3 is 15.0 Å². The van der Waals surface area contributed by atoms with E-state index in [9.17, 15) is 4.79 Å². The molecule has 1 amide bonds. The third-order valence-corrected chi connectivity index (χ3v) is 4.15. The van der Waals surface area contributed by atoms with E-state index in [0.29, 0.717) is 22.9 Å². The zero-order chi connectivity index (χ0) is 16.4. The number of carbonyl (C=O) groups is 1. The lowest BCUT2D eigenvalue weighted by Crippen LogP contribution is -2.15. The molecule has 0 saturated carbocycles. The summed E-state index contributed by atoms with van der Waals surface area (Å²) in [5.74, 6) is 0.449. The Morgan fingerprint density at radius 2 is 2.09 bits per heavy atom. The number of halogens is 1. The number of rotatable bonds is 4. The van der Waals surface area contributed by atoms with Crippen molar-refractivity contribution in [2.24, 2.45) is 0 Å². The summed E-state index contributed by atoms with van der Waals surface area (Å²) in [4.78, 5) is 15.5. The van der Waals surface area contributed by atoms with Gasteiger partial charge in [-0.15, -0.1) is 0 Å². The van der Waals surface area contributed by atoms with E-state index in [1.807, 2.05) is 43.5 Å². The minimum atomic E-state index is -0.101. The Kier molecular flexibility index (Phi) is 4.26. The van der Waals surface area contributed by atoms with E-state index in [4.69, 9.17) is 16.3 Å². The van der Waals surface area contributed by atoms with Gasteiger partial charge in [-0.2, -0.15) is 0 Å². The number of fused-ring (bicyclic) bond motifs is 1. The van der Waals surface area contributed by atoms with Crippen LogP contribution in [-0.2, 0) is 11.2 Å². The van der Waals surface area contributed by atoms with Crippen LogP contribution in [0.25, 0.3) is 10.9 Å². The molecule has 3 aromatic rings. The van der Waals surface area contributed by atoms with Crippen molar-refractivity contribution in [1.29, 1.82) is 0 Å². The van der Waals surface area contributed by atoms with Crippen LogP contribution in [0.1, 0.15) is 11.1 Å². The molecule has 0 radical (unpaired) electrons. The molecule has 0 atom stereocenters. The van der Waals surface area contributed by atoms with Crippen LogP contribution in [0.3, 0.4) is 0 Å². The molecule has 0 aliphatic rings. The second-order valence-electron chi connectivity index (χ2n) is 5.43. The molecule has 0 spiro atoms. The molecular weight excluding hydrogens is 312 g/mol. The molecule has 5 heteroatoms. The Balaban J connectivity index is 1.77. The smallest absolute Gasteiger partial charge is 0.228 e. The average Bonchev–Trinajstić information content (AvgIpc) is 2.98. The van der Waals surface area contributed by atoms with Crippen LogP contribution < -0.4 is 10.1 Å². The van der Waals surface area contributed by atoms with Gasteiger partial charge in [0.1, 0.15) is 5.75 Å². The fraction of sp³-hybridized carbons (Fsp3) is 0.167. The molecule has 0 aliphatic heterocycles. The summed E-state index contributed by atoms with van der Waals surface area (Å²) in [7, 11) is 1.55. The standard InChI is InChI=1S/C18H17ClN2O2/c1-11-7-16(17(23-2)10-14(11)19)21-18(22)9-12-3-4-13-5-6-20-15(13)8-12/h3-8,10,20H,9H2,1-2H3,(H,21,22). The summed E-state index contributed by atoms with van der Waals surface area (Å²) >= 11 is 6.08. The summed E-state index contributed by atoms with van der Waals surface area (Å²) < 4.78 is 5.28. The first kappa shape index (κ1) is 15.4. The minimum Gasteiger partial charge on any atom is -0.495 e. The van der Waals surface area contributed by atoms with Crippen molar-refractivity contribution < 1.29 is 9.53 Å². The number of anilines is 1. The number of aryl methyl sites for hydroxylation is 1. The van der Waals surface area contributed by atoms with Gasteiger partial charge in [-0.05, 0) is 41.6 Å². The number of nitrogens with one attached hydrogen (secondary N) is 2. The van der Waals surface area contributed by atoms with Crippen LogP contribution in [0, 0.1) is 6.92 Å². The maximum absolute atomic E-state index is 12.3. The van der Waals surface area contributed by atoms with Crippen LogP contribution in [0.15, 0.2) is 42.6 Å². The highest BCUT2D eigenvalue weighted by Gasteiger charge is 2.11. The summed E-state index contributed by atoms with van der Waals surface area (Å²) in [6, 6.07) is 11.5. The first-order valence-electron chi connectivity index (χ1n) is 7.27. The molecule has 2 aromatic carbocycles. The van der Waals surface area contributed by atoms with E-state index in [1.54, 1.807) is 13.2 Å². The van der Waals surface area contributed by atoms with Crippen LogP contribution in [-0.4, -0.2) is 18.0 Å². The highest BCUT2D eigenvalue weighted by Crippen LogP contribution is 2.31. The van der Waals surface area contributed by atoms with Crippen LogP contribution in [0.5, 0.6) is 5.75 Å². The van der Waals surface area contributed by atoms with E-state index in [2.05, 4.69) is 10.3 Å². The van der Waals surface area contributed by atoms with E-state index >= 15 is 0 Å². The summed E-state index contributed by atoms with van der Waals surface area (Å²) in [5, 5.41) is 4.62. The van der Waals surface area contributed by atoms with Gasteiger partial charge in [-0.1, -0.05) is 23.7 Å². The number of amides is 1. The van der Waals surface area contributed by atoms with Crippen molar-refractivity contribution in [1.82, 2.24) is 4.98 Å². The van der Waals surface area contributed by atoms with Gasteiger partial charge in [0.15, 0.2) is 0 Å². The van der Waals surface area contributed by atoms with Gasteiger partial charge in [-0.25, -0.2) is 0 Å². The molecule has 0 saturated heterocycles. The molecule has 118 valence electrons. The Labute approximate surface area is 139 Å². The van der Waals surface area contributed by atoms with Crippen molar-refractivity contribution >= 4 is 34.1 Å². The largest absolute Gasteiger partial charge is 0.495 e. The second kappa shape index (κ2) is 6.34. The van der Waals surface area contributed by atoms with E-state index in [-0.39, 0.29) is 5.91 Å². The molecule has 1 heterocycles. The molecule has 0 fully saturated rings. The maximum Gasteiger partial charge on any atom is 0.228 e. The third-order valence-electron chi connectivity index (χ3n) is 3.74. The Hall–Kier alpha value is -2.46. The molecule has 3 rings (SSSR count). The molecule has 0 bridgehead atoms. The first-order chi connectivity index (χ1) is 11.1. The predicted molar refractivity (Wildman–Crippen MR) is 93.4 cm³/mol. The van der Waals surface area contributed by atoms with Gasteiger partial charge in [0.05, 0.1) is 19.2 Å². The van der Waals surface area contributed by atoms with Gasteiger partial charge in [0.2, 0.25) is 5.91 Å². The normalized spacial score (nSPS) is 10.7. The number of carbonyl (C=O) groups excluding carboxylic acids is 1. The van der Waals surface area contributed by atoms with Crippen molar-refractivity contribution in [3.8, 4) is 5.75 Å². The molecule has 2 N–H and O–H groups in total. The Morgan fingerprint density at radius 1 is 1.26 bits per heavy atom. The van der Waals surface area contributed by atoms with E-state index < -0.39 is 0 Å². The lowest BCUT2D eigenvalue weighted by molar-refractivity contribution is -0.115. The molecular formula is C18H17ClN2O2. The monoisotopic (exact) mass is 328 g/mol. The third kappa shape index (κ3) is 3.32. The highest BCUT2D eigenvalue weighted by atomic mass is 35.5. The summed E-state index contributed by atoms with van der Waals surface area (Å²) in [5.41, 5.74) is 3.48. The highest BCUT2D eigenvalue weighted by molar-refractivity contribution is 6.31. The lowest BCUT2D eigenvalue weighted by atomic mass is 10.1. The number of aromatic nitrogens is 1. The molecule has 0 unspecified atom stereocenters. The van der Waals surface area contributed by atoms with Crippen molar-refractivity contribution in [2.45, 2.75) is 13.3 Å². The fourth-order valence-electron chi connectivity index (χ4n) is 2.51. The van der Waals surface area contributed by atoms with Crippen LogP contribution >= 0.6 is 11.6 Å². The number of aromatic amines is 1. The fourth-order valence-corrected chi connectivity index (χ4v) is 2.67. The first-order valence-corrected chi connectivity index (χ1v) is 7.64. The van der Waals surface area contributed by atoms with Gasteiger partial charge in [-0.3, -0.25) is 4.79 Å². The van der Waals surface area contributed by atoms with Gasteiger partial charge in [0.25, 0.3) is 0 Å². The molecule has 0 aliphatic carbocycles. The molecule has 1 aromatic heterocycles. The average molecular weight is 329 g/mol. The Bertz CT molecular complexity index is 871. The van der Waals surface area contributed by atoms with E-state index in [1.165, 1.54) is 0 Å². The summed E-state index contributed by atoms with van der Waals surface area (Å²) in [6.07, 6.45) is 2.18. The number of ether oxygens (including phenoxy) is 1. The zero-order valence-corrected chi connectivity index (χ0v) is 13.7. The van der Waals surface area contributed by atoms with Crippen LogP contribution in [0.2, 0.25) is 5.02 Å². The van der Waals surface area contributed by atoms with Gasteiger partial charge in [0, 0.05) is 22.8 Å². The molecule has 4 nitrogen and oxygen atoms in total. The van der Waals surface area contributed by atoms with Crippen molar-refractivity contribution in [2.75, 3.05) is 12.4 Å².